The molecule has 2 aliphatic carbocycles. The molecule has 3 nitrogen and oxygen atoms in total. The lowest BCUT2D eigenvalue weighted by Gasteiger charge is -2.45. The zero-order valence-electron chi connectivity index (χ0n) is 9.98. The summed E-state index contributed by atoms with van der Waals surface area (Å²) in [6.07, 6.45) is 8.26. The van der Waals surface area contributed by atoms with Gasteiger partial charge in [0.15, 0.2) is 0 Å². The Hall–Kier alpha value is -0.0900. The molecule has 94 valence electrons. The summed E-state index contributed by atoms with van der Waals surface area (Å²) in [7, 11) is -3.79. The highest BCUT2D eigenvalue weighted by molar-refractivity contribution is 7.85. The summed E-state index contributed by atoms with van der Waals surface area (Å²) in [6.45, 7) is 2.20. The van der Waals surface area contributed by atoms with Crippen LogP contribution in [0.2, 0.25) is 0 Å². The summed E-state index contributed by atoms with van der Waals surface area (Å²) in [5.74, 6) is 1.54. The molecule has 2 unspecified atom stereocenters. The monoisotopic (exact) mass is 246 g/mol. The molecule has 4 heteroatoms. The quantitative estimate of drug-likeness (QED) is 0.779. The summed E-state index contributed by atoms with van der Waals surface area (Å²) in [6, 6.07) is 0. The Morgan fingerprint density at radius 1 is 1.25 bits per heavy atom. The molecular formula is C12H22O3S. The SMILES string of the molecule is CC1(CCS(=O)(=O)O)CC2CCCC(C2)C1. The van der Waals surface area contributed by atoms with Gasteiger partial charge in [-0.1, -0.05) is 26.2 Å². The molecule has 0 amide bonds. The van der Waals surface area contributed by atoms with E-state index in [9.17, 15) is 8.42 Å². The van der Waals surface area contributed by atoms with Gasteiger partial charge in [0.1, 0.15) is 0 Å². The number of hydrogen-bond donors (Lipinski definition) is 1. The van der Waals surface area contributed by atoms with Gasteiger partial charge < -0.3 is 0 Å². The van der Waals surface area contributed by atoms with Gasteiger partial charge in [-0.3, -0.25) is 4.55 Å². The predicted octanol–water partition coefficient (Wildman–Crippen LogP) is 2.87. The van der Waals surface area contributed by atoms with Crippen molar-refractivity contribution in [2.75, 3.05) is 5.75 Å². The Morgan fingerprint density at radius 3 is 2.31 bits per heavy atom. The molecule has 16 heavy (non-hydrogen) atoms. The second kappa shape index (κ2) is 4.30. The molecule has 0 aliphatic heterocycles. The maximum Gasteiger partial charge on any atom is 0.264 e. The number of hydrogen-bond acceptors (Lipinski definition) is 2. The molecule has 0 aromatic heterocycles. The van der Waals surface area contributed by atoms with Gasteiger partial charge in [-0.25, -0.2) is 0 Å². The van der Waals surface area contributed by atoms with Gasteiger partial charge in [0.25, 0.3) is 10.1 Å². The number of fused-ring (bicyclic) bond motifs is 2. The minimum absolute atomic E-state index is 0.0665. The standard InChI is InChI=1S/C12H22O3S/c1-12(5-6-16(13,14)15)8-10-3-2-4-11(7-10)9-12/h10-11H,2-9H2,1H3,(H,13,14,15). The van der Waals surface area contributed by atoms with Crippen molar-refractivity contribution in [1.82, 2.24) is 0 Å². The first-order chi connectivity index (χ1) is 7.36. The molecule has 0 saturated heterocycles. The molecular weight excluding hydrogens is 224 g/mol. The summed E-state index contributed by atoms with van der Waals surface area (Å²) in [5, 5.41) is 0. The second-order valence-corrected chi connectivity index (χ2v) is 7.73. The Morgan fingerprint density at radius 2 is 1.81 bits per heavy atom. The van der Waals surface area contributed by atoms with Crippen LogP contribution in [0.4, 0.5) is 0 Å². The normalized spacial score (nSPS) is 39.6. The molecule has 2 rings (SSSR count). The zero-order chi connectivity index (χ0) is 11.8. The van der Waals surface area contributed by atoms with Crippen LogP contribution in [0.15, 0.2) is 0 Å². The van der Waals surface area contributed by atoms with Crippen LogP contribution in [0.1, 0.15) is 51.9 Å². The maximum absolute atomic E-state index is 10.8. The fourth-order valence-corrected chi connectivity index (χ4v) is 4.58. The van der Waals surface area contributed by atoms with E-state index in [0.717, 1.165) is 24.7 Å². The van der Waals surface area contributed by atoms with Gasteiger partial charge in [0.2, 0.25) is 0 Å². The third kappa shape index (κ3) is 3.20. The van der Waals surface area contributed by atoms with Crippen LogP contribution in [0.5, 0.6) is 0 Å². The van der Waals surface area contributed by atoms with Crippen molar-refractivity contribution < 1.29 is 13.0 Å². The van der Waals surface area contributed by atoms with Gasteiger partial charge in [-0.2, -0.15) is 8.42 Å². The molecule has 0 aromatic carbocycles. The van der Waals surface area contributed by atoms with Gasteiger partial charge in [0.05, 0.1) is 5.75 Å². The first kappa shape index (κ1) is 12.4. The van der Waals surface area contributed by atoms with E-state index in [-0.39, 0.29) is 11.2 Å². The Labute approximate surface area is 98.4 Å². The molecule has 0 radical (unpaired) electrons. The average molecular weight is 246 g/mol. The summed E-state index contributed by atoms with van der Waals surface area (Å²) < 4.78 is 30.5. The van der Waals surface area contributed by atoms with E-state index in [0.29, 0.717) is 6.42 Å². The van der Waals surface area contributed by atoms with Gasteiger partial charge in [-0.15, -0.1) is 0 Å². The zero-order valence-corrected chi connectivity index (χ0v) is 10.8. The van der Waals surface area contributed by atoms with Crippen molar-refractivity contribution in [3.8, 4) is 0 Å². The molecule has 2 bridgehead atoms. The Balaban J connectivity index is 1.97. The van der Waals surface area contributed by atoms with E-state index >= 15 is 0 Å². The van der Waals surface area contributed by atoms with Crippen molar-refractivity contribution in [1.29, 1.82) is 0 Å². The molecule has 1 N–H and O–H groups in total. The average Bonchev–Trinajstić information content (AvgIpc) is 2.13. The van der Waals surface area contributed by atoms with Crippen LogP contribution in [0, 0.1) is 17.3 Å². The largest absolute Gasteiger partial charge is 0.286 e. The van der Waals surface area contributed by atoms with Crippen LogP contribution >= 0.6 is 0 Å². The molecule has 2 saturated carbocycles. The van der Waals surface area contributed by atoms with Crippen molar-refractivity contribution in [2.24, 2.45) is 17.3 Å². The van der Waals surface area contributed by atoms with Crippen LogP contribution in [-0.4, -0.2) is 18.7 Å². The minimum atomic E-state index is -3.79. The lowest BCUT2D eigenvalue weighted by molar-refractivity contribution is 0.0660. The van der Waals surface area contributed by atoms with Gasteiger partial charge in [-0.05, 0) is 42.9 Å². The third-order valence-corrected chi connectivity index (χ3v) is 5.14. The second-order valence-electron chi connectivity index (χ2n) is 6.15. The molecule has 0 spiro atoms. The Bertz CT molecular complexity index is 335. The highest BCUT2D eigenvalue weighted by Crippen LogP contribution is 2.50. The van der Waals surface area contributed by atoms with Crippen molar-refractivity contribution in [3.63, 3.8) is 0 Å². The van der Waals surface area contributed by atoms with E-state index in [4.69, 9.17) is 4.55 Å². The van der Waals surface area contributed by atoms with Crippen molar-refractivity contribution in [3.05, 3.63) is 0 Å². The number of rotatable bonds is 3. The first-order valence-electron chi connectivity index (χ1n) is 6.31. The fraction of sp³-hybridized carbons (Fsp3) is 1.00. The highest BCUT2D eigenvalue weighted by Gasteiger charge is 2.39. The van der Waals surface area contributed by atoms with Gasteiger partial charge in [0, 0.05) is 0 Å². The molecule has 0 aromatic rings. The van der Waals surface area contributed by atoms with E-state index in [1.54, 1.807) is 0 Å². The van der Waals surface area contributed by atoms with E-state index in [2.05, 4.69) is 6.92 Å². The van der Waals surface area contributed by atoms with Crippen molar-refractivity contribution >= 4 is 10.1 Å². The van der Waals surface area contributed by atoms with E-state index < -0.39 is 10.1 Å². The lowest BCUT2D eigenvalue weighted by atomic mass is 9.61. The van der Waals surface area contributed by atoms with Crippen LogP contribution in [-0.2, 0) is 10.1 Å². The predicted molar refractivity (Wildman–Crippen MR) is 63.8 cm³/mol. The van der Waals surface area contributed by atoms with E-state index in [1.807, 2.05) is 0 Å². The summed E-state index contributed by atoms with van der Waals surface area (Å²) in [4.78, 5) is 0. The van der Waals surface area contributed by atoms with Crippen LogP contribution in [0.25, 0.3) is 0 Å². The minimum Gasteiger partial charge on any atom is -0.286 e. The molecule has 2 atom stereocenters. The molecule has 2 aliphatic rings. The van der Waals surface area contributed by atoms with Crippen LogP contribution in [0.3, 0.4) is 0 Å². The topological polar surface area (TPSA) is 54.4 Å². The van der Waals surface area contributed by atoms with E-state index in [1.165, 1.54) is 25.7 Å². The van der Waals surface area contributed by atoms with Gasteiger partial charge >= 0.3 is 0 Å². The smallest absolute Gasteiger partial charge is 0.264 e. The fourth-order valence-electron chi connectivity index (χ4n) is 3.83. The van der Waals surface area contributed by atoms with Crippen molar-refractivity contribution in [2.45, 2.75) is 51.9 Å². The first-order valence-corrected chi connectivity index (χ1v) is 7.92. The molecule has 2 fully saturated rings. The lowest BCUT2D eigenvalue weighted by Crippen LogP contribution is -2.35. The third-order valence-electron chi connectivity index (χ3n) is 4.42. The molecule has 0 heterocycles. The maximum atomic E-state index is 10.8. The summed E-state index contributed by atoms with van der Waals surface area (Å²) in [5.41, 5.74) is 0.143. The highest BCUT2D eigenvalue weighted by atomic mass is 32.2. The summed E-state index contributed by atoms with van der Waals surface area (Å²) >= 11 is 0. The van der Waals surface area contributed by atoms with Crippen LogP contribution < -0.4 is 0 Å². The Kier molecular flexibility index (Phi) is 3.32.